The van der Waals surface area contributed by atoms with Crippen molar-refractivity contribution in [2.45, 2.75) is 58.2 Å². The lowest BCUT2D eigenvalue weighted by atomic mass is 10.1. The molecular formula is C24H29N3O5S. The number of ether oxygens (including phenoxy) is 1. The number of hydrogen-bond donors (Lipinski definition) is 2. The first-order valence-electron chi connectivity index (χ1n) is 10.7. The van der Waals surface area contributed by atoms with Crippen molar-refractivity contribution in [1.82, 2.24) is 15.2 Å². The van der Waals surface area contributed by atoms with Crippen LogP contribution in [0.1, 0.15) is 42.0 Å². The molecule has 0 atom stereocenters. The smallest absolute Gasteiger partial charge is 0.240 e. The molecule has 0 spiro atoms. The van der Waals surface area contributed by atoms with Crippen molar-refractivity contribution < 1.29 is 22.5 Å². The highest BCUT2D eigenvalue weighted by Gasteiger charge is 2.16. The van der Waals surface area contributed by atoms with E-state index in [1.165, 1.54) is 6.07 Å². The molecule has 0 radical (unpaired) electrons. The number of nitrogens with one attached hydrogen (secondary N) is 2. The molecule has 1 aromatic heterocycles. The van der Waals surface area contributed by atoms with Crippen LogP contribution in [0.25, 0.3) is 0 Å². The highest BCUT2D eigenvalue weighted by Crippen LogP contribution is 2.18. The Hall–Kier alpha value is -3.17. The average molecular weight is 472 g/mol. The monoisotopic (exact) mass is 471 g/mol. The molecule has 3 aromatic rings. The van der Waals surface area contributed by atoms with Crippen molar-refractivity contribution in [2.24, 2.45) is 0 Å². The van der Waals surface area contributed by atoms with Gasteiger partial charge < -0.3 is 14.6 Å². The Morgan fingerprint density at radius 3 is 2.45 bits per heavy atom. The molecule has 176 valence electrons. The summed E-state index contributed by atoms with van der Waals surface area (Å²) in [7, 11) is -3.58. The Morgan fingerprint density at radius 1 is 1.09 bits per heavy atom. The fraction of sp³-hybridized carbons (Fsp3) is 0.333. The predicted molar refractivity (Wildman–Crippen MR) is 124 cm³/mol. The molecule has 0 aliphatic rings. The quantitative estimate of drug-likeness (QED) is 0.469. The Labute approximate surface area is 194 Å². The lowest BCUT2D eigenvalue weighted by Gasteiger charge is -2.11. The number of carbonyl (C=O) groups is 1. The normalized spacial score (nSPS) is 11.5. The summed E-state index contributed by atoms with van der Waals surface area (Å²) in [5, 5.41) is 6.74. The second-order valence-electron chi connectivity index (χ2n) is 8.11. The van der Waals surface area contributed by atoms with Gasteiger partial charge >= 0.3 is 0 Å². The number of hydrogen-bond acceptors (Lipinski definition) is 6. The maximum atomic E-state index is 12.4. The zero-order valence-electron chi connectivity index (χ0n) is 19.2. The minimum atomic E-state index is -3.58. The van der Waals surface area contributed by atoms with Crippen LogP contribution in [0.15, 0.2) is 57.9 Å². The summed E-state index contributed by atoms with van der Waals surface area (Å²) in [5.74, 6) is 1.26. The first-order valence-corrected chi connectivity index (χ1v) is 12.1. The van der Waals surface area contributed by atoms with Crippen molar-refractivity contribution in [3.05, 3.63) is 76.7 Å². The molecule has 0 saturated carbocycles. The van der Waals surface area contributed by atoms with Gasteiger partial charge in [-0.15, -0.1) is 0 Å². The van der Waals surface area contributed by atoms with Gasteiger partial charge in [0.1, 0.15) is 18.1 Å². The summed E-state index contributed by atoms with van der Waals surface area (Å²) in [4.78, 5) is 12.5. The van der Waals surface area contributed by atoms with E-state index in [4.69, 9.17) is 9.26 Å². The van der Waals surface area contributed by atoms with Crippen molar-refractivity contribution in [2.75, 3.05) is 0 Å². The van der Waals surface area contributed by atoms with Crippen molar-refractivity contribution in [1.29, 1.82) is 0 Å². The molecule has 0 unspecified atom stereocenters. The van der Waals surface area contributed by atoms with Gasteiger partial charge in [-0.25, -0.2) is 13.1 Å². The van der Waals surface area contributed by atoms with E-state index in [0.717, 1.165) is 22.6 Å². The molecule has 8 nitrogen and oxygen atoms in total. The molecule has 0 aliphatic carbocycles. The van der Waals surface area contributed by atoms with E-state index in [-0.39, 0.29) is 29.8 Å². The van der Waals surface area contributed by atoms with Crippen LogP contribution in [-0.4, -0.2) is 25.5 Å². The topological polar surface area (TPSA) is 111 Å². The van der Waals surface area contributed by atoms with Gasteiger partial charge in [0.05, 0.1) is 22.6 Å². The highest BCUT2D eigenvalue weighted by atomic mass is 32.2. The number of nitrogens with zero attached hydrogens (tertiary/aromatic N) is 1. The van der Waals surface area contributed by atoms with Crippen LogP contribution in [0.3, 0.4) is 0 Å². The van der Waals surface area contributed by atoms with Crippen LogP contribution in [0.5, 0.6) is 5.75 Å². The van der Waals surface area contributed by atoms with Crippen LogP contribution in [0.4, 0.5) is 0 Å². The van der Waals surface area contributed by atoms with Crippen LogP contribution in [0, 0.1) is 13.8 Å². The number of aryl methyl sites for hydroxylation is 2. The van der Waals surface area contributed by atoms with E-state index in [1.807, 2.05) is 38.1 Å². The second-order valence-corrected chi connectivity index (χ2v) is 9.83. The third kappa shape index (κ3) is 6.90. The largest absolute Gasteiger partial charge is 0.489 e. The summed E-state index contributed by atoms with van der Waals surface area (Å²) in [6.45, 7) is 7.84. The Kier molecular flexibility index (Phi) is 7.88. The molecule has 1 amide bonds. The summed E-state index contributed by atoms with van der Waals surface area (Å²) in [6.07, 6.45) is 0.205. The third-order valence-electron chi connectivity index (χ3n) is 4.94. The lowest BCUT2D eigenvalue weighted by Crippen LogP contribution is -2.30. The fourth-order valence-electron chi connectivity index (χ4n) is 3.22. The number of aromatic nitrogens is 1. The number of benzene rings is 2. The van der Waals surface area contributed by atoms with Crippen LogP contribution in [-0.2, 0) is 34.4 Å². The maximum absolute atomic E-state index is 12.4. The maximum Gasteiger partial charge on any atom is 0.240 e. The summed E-state index contributed by atoms with van der Waals surface area (Å²) in [6, 6.07) is 13.7. The SMILES string of the molecule is Cc1noc(C)c1COc1ccc(CC(=O)NCc2cccc(S(=O)(=O)NC(C)C)c2)cc1. The van der Waals surface area contributed by atoms with E-state index in [2.05, 4.69) is 15.2 Å². The number of carbonyl (C=O) groups excluding carboxylic acids is 1. The second kappa shape index (κ2) is 10.6. The first-order chi connectivity index (χ1) is 15.6. The van der Waals surface area contributed by atoms with Crippen LogP contribution >= 0.6 is 0 Å². The van der Waals surface area contributed by atoms with Gasteiger partial charge in [-0.2, -0.15) is 0 Å². The van der Waals surface area contributed by atoms with Gasteiger partial charge in [0.25, 0.3) is 0 Å². The Morgan fingerprint density at radius 2 is 1.82 bits per heavy atom. The number of amides is 1. The van der Waals surface area contributed by atoms with E-state index < -0.39 is 10.0 Å². The summed E-state index contributed by atoms with van der Waals surface area (Å²) >= 11 is 0. The van der Waals surface area contributed by atoms with Crippen molar-refractivity contribution in [3.8, 4) is 5.75 Å². The number of sulfonamides is 1. The lowest BCUT2D eigenvalue weighted by molar-refractivity contribution is -0.120. The van der Waals surface area contributed by atoms with E-state index in [1.54, 1.807) is 32.0 Å². The van der Waals surface area contributed by atoms with Gasteiger partial charge in [-0.1, -0.05) is 29.4 Å². The highest BCUT2D eigenvalue weighted by molar-refractivity contribution is 7.89. The van der Waals surface area contributed by atoms with Gasteiger partial charge in [-0.05, 0) is 63.1 Å². The van der Waals surface area contributed by atoms with Crippen LogP contribution in [0.2, 0.25) is 0 Å². The Balaban J connectivity index is 1.51. The first kappa shape index (κ1) is 24.5. The molecule has 33 heavy (non-hydrogen) atoms. The standard InChI is InChI=1S/C24H29N3O5S/c1-16(2)27-33(29,30)22-7-5-6-20(12-22)14-25-24(28)13-19-8-10-21(11-9-19)31-15-23-17(3)26-32-18(23)4/h5-12,16,27H,13-15H2,1-4H3,(H,25,28). The third-order valence-corrected chi connectivity index (χ3v) is 6.60. The summed E-state index contributed by atoms with van der Waals surface area (Å²) in [5.41, 5.74) is 3.28. The van der Waals surface area contributed by atoms with Gasteiger partial charge in [-0.3, -0.25) is 4.79 Å². The van der Waals surface area contributed by atoms with E-state index >= 15 is 0 Å². The zero-order chi connectivity index (χ0) is 24.0. The zero-order valence-corrected chi connectivity index (χ0v) is 20.0. The molecule has 9 heteroatoms. The predicted octanol–water partition coefficient (Wildman–Crippen LogP) is 3.42. The van der Waals surface area contributed by atoms with E-state index in [0.29, 0.717) is 17.9 Å². The van der Waals surface area contributed by atoms with Gasteiger partial charge in [0, 0.05) is 12.6 Å². The fourth-order valence-corrected chi connectivity index (χ4v) is 4.54. The molecule has 2 aromatic carbocycles. The molecule has 0 saturated heterocycles. The number of rotatable bonds is 10. The molecule has 0 fully saturated rings. The average Bonchev–Trinajstić information content (AvgIpc) is 3.08. The molecule has 1 heterocycles. The molecular weight excluding hydrogens is 442 g/mol. The van der Waals surface area contributed by atoms with Gasteiger partial charge in [0.2, 0.25) is 15.9 Å². The van der Waals surface area contributed by atoms with Crippen molar-refractivity contribution >= 4 is 15.9 Å². The molecule has 0 bridgehead atoms. The van der Waals surface area contributed by atoms with Gasteiger partial charge in [0.15, 0.2) is 0 Å². The minimum Gasteiger partial charge on any atom is -0.489 e. The van der Waals surface area contributed by atoms with Crippen LogP contribution < -0.4 is 14.8 Å². The molecule has 2 N–H and O–H groups in total. The van der Waals surface area contributed by atoms with Crippen molar-refractivity contribution in [3.63, 3.8) is 0 Å². The summed E-state index contributed by atoms with van der Waals surface area (Å²) < 4.78 is 38.1. The Bertz CT molecular complexity index is 1180. The molecule has 3 rings (SSSR count). The van der Waals surface area contributed by atoms with E-state index in [9.17, 15) is 13.2 Å². The molecule has 0 aliphatic heterocycles. The minimum absolute atomic E-state index is 0.159.